The molecule has 0 bridgehead atoms. The Bertz CT molecular complexity index is 443. The van der Waals surface area contributed by atoms with Gasteiger partial charge in [-0.3, -0.25) is 4.98 Å². The molecule has 0 radical (unpaired) electrons. The summed E-state index contributed by atoms with van der Waals surface area (Å²) in [6.07, 6.45) is 8.60. The van der Waals surface area contributed by atoms with Gasteiger partial charge in [-0.05, 0) is 46.1 Å². The molecule has 4 heteroatoms. The first-order valence-corrected chi connectivity index (χ1v) is 7.85. The fourth-order valence-corrected chi connectivity index (χ4v) is 2.62. The van der Waals surface area contributed by atoms with Crippen LogP contribution in [0.3, 0.4) is 0 Å². The summed E-state index contributed by atoms with van der Waals surface area (Å²) in [4.78, 5) is 4.21. The van der Waals surface area contributed by atoms with Crippen LogP contribution in [0.4, 0.5) is 0 Å². The van der Waals surface area contributed by atoms with Gasteiger partial charge in [0.25, 0.3) is 0 Å². The number of pyridine rings is 1. The Labute approximate surface area is 128 Å². The van der Waals surface area contributed by atoms with Crippen LogP contribution in [0.15, 0.2) is 18.5 Å². The summed E-state index contributed by atoms with van der Waals surface area (Å²) in [7, 11) is 1.79. The zero-order valence-electron chi connectivity index (χ0n) is 13.7. The summed E-state index contributed by atoms with van der Waals surface area (Å²) in [6.45, 7) is 7.29. The van der Waals surface area contributed by atoms with E-state index < -0.39 is 0 Å². The van der Waals surface area contributed by atoms with Gasteiger partial charge in [0.05, 0.1) is 12.3 Å². The summed E-state index contributed by atoms with van der Waals surface area (Å²) < 4.78 is 11.7. The second-order valence-corrected chi connectivity index (χ2v) is 6.85. The Hall–Kier alpha value is -1.13. The van der Waals surface area contributed by atoms with Crippen molar-refractivity contribution in [3.05, 3.63) is 24.0 Å². The normalized spacial score (nSPS) is 23.0. The molecule has 1 saturated carbocycles. The van der Waals surface area contributed by atoms with Gasteiger partial charge in [-0.1, -0.05) is 0 Å². The molecule has 0 aromatic carbocycles. The van der Waals surface area contributed by atoms with Crippen molar-refractivity contribution < 1.29 is 9.47 Å². The first-order valence-electron chi connectivity index (χ1n) is 7.85. The molecule has 0 saturated heterocycles. The topological polar surface area (TPSA) is 43.4 Å². The lowest BCUT2D eigenvalue weighted by Crippen LogP contribution is -2.35. The van der Waals surface area contributed by atoms with Gasteiger partial charge in [0.1, 0.15) is 11.9 Å². The zero-order valence-corrected chi connectivity index (χ0v) is 13.7. The summed E-state index contributed by atoms with van der Waals surface area (Å²) in [5.74, 6) is 0.899. The van der Waals surface area contributed by atoms with Crippen LogP contribution in [0.1, 0.15) is 52.0 Å². The molecule has 1 N–H and O–H groups in total. The van der Waals surface area contributed by atoms with E-state index in [1.807, 2.05) is 18.5 Å². The summed E-state index contributed by atoms with van der Waals surface area (Å²) >= 11 is 0. The second kappa shape index (κ2) is 7.23. The van der Waals surface area contributed by atoms with E-state index in [0.29, 0.717) is 6.10 Å². The molecule has 1 heterocycles. The number of hydrogen-bond acceptors (Lipinski definition) is 4. The van der Waals surface area contributed by atoms with Crippen molar-refractivity contribution in [1.82, 2.24) is 10.3 Å². The molecule has 2 rings (SSSR count). The molecule has 1 aromatic rings. The maximum Gasteiger partial charge on any atom is 0.142 e. The number of nitrogens with one attached hydrogen (secondary N) is 1. The van der Waals surface area contributed by atoms with E-state index in [2.05, 4.69) is 31.1 Å². The highest BCUT2D eigenvalue weighted by Gasteiger charge is 2.24. The first-order chi connectivity index (χ1) is 9.98. The van der Waals surface area contributed by atoms with E-state index in [4.69, 9.17) is 9.47 Å². The largest absolute Gasteiger partial charge is 0.488 e. The van der Waals surface area contributed by atoms with Gasteiger partial charge >= 0.3 is 0 Å². The number of hydrogen-bond donors (Lipinski definition) is 1. The Morgan fingerprint density at radius 2 is 2.05 bits per heavy atom. The lowest BCUT2D eigenvalue weighted by atomic mass is 9.95. The van der Waals surface area contributed by atoms with Crippen LogP contribution >= 0.6 is 0 Å². The van der Waals surface area contributed by atoms with E-state index in [1.54, 1.807) is 7.11 Å². The average Bonchev–Trinajstić information content (AvgIpc) is 2.46. The summed E-state index contributed by atoms with van der Waals surface area (Å²) in [5.41, 5.74) is 1.26. The van der Waals surface area contributed by atoms with Crippen LogP contribution in [0.5, 0.6) is 5.75 Å². The van der Waals surface area contributed by atoms with Gasteiger partial charge in [0, 0.05) is 37.4 Å². The molecule has 1 aromatic heterocycles. The predicted octanol–water partition coefficient (Wildman–Crippen LogP) is 3.31. The minimum atomic E-state index is 0.0898. The van der Waals surface area contributed by atoms with Crippen molar-refractivity contribution in [2.45, 2.75) is 70.7 Å². The number of methoxy groups -OCH3 is 1. The Morgan fingerprint density at radius 1 is 1.29 bits per heavy atom. The van der Waals surface area contributed by atoms with Crippen LogP contribution in [-0.2, 0) is 11.3 Å². The standard InChI is InChI=1S/C17H28N2O2/c1-17(2,3)19-11-13-8-9-18-12-16(13)21-15-7-5-6-14(10-15)20-4/h8-9,12,14-15,19H,5-7,10-11H2,1-4H3. The highest BCUT2D eigenvalue weighted by molar-refractivity contribution is 5.30. The molecule has 4 nitrogen and oxygen atoms in total. The molecule has 118 valence electrons. The maximum atomic E-state index is 6.20. The van der Waals surface area contributed by atoms with E-state index >= 15 is 0 Å². The molecule has 0 aliphatic heterocycles. The van der Waals surface area contributed by atoms with Crippen LogP contribution < -0.4 is 10.1 Å². The molecule has 1 aliphatic carbocycles. The monoisotopic (exact) mass is 292 g/mol. The number of rotatable bonds is 5. The Morgan fingerprint density at radius 3 is 2.76 bits per heavy atom. The van der Waals surface area contributed by atoms with E-state index in [-0.39, 0.29) is 11.6 Å². The number of ether oxygens (including phenoxy) is 2. The molecule has 21 heavy (non-hydrogen) atoms. The molecule has 1 aliphatic rings. The van der Waals surface area contributed by atoms with Crippen molar-refractivity contribution >= 4 is 0 Å². The van der Waals surface area contributed by atoms with Gasteiger partial charge in [0.2, 0.25) is 0 Å². The van der Waals surface area contributed by atoms with Crippen LogP contribution in [-0.4, -0.2) is 29.8 Å². The van der Waals surface area contributed by atoms with Gasteiger partial charge in [-0.15, -0.1) is 0 Å². The molecule has 0 spiro atoms. The van der Waals surface area contributed by atoms with Crippen molar-refractivity contribution in [3.8, 4) is 5.75 Å². The van der Waals surface area contributed by atoms with E-state index in [1.165, 1.54) is 12.0 Å². The third-order valence-corrected chi connectivity index (χ3v) is 3.88. The number of nitrogens with zero attached hydrogens (tertiary/aromatic N) is 1. The minimum Gasteiger partial charge on any atom is -0.488 e. The lowest BCUT2D eigenvalue weighted by Gasteiger charge is -2.29. The highest BCUT2D eigenvalue weighted by atomic mass is 16.5. The SMILES string of the molecule is COC1CCCC(Oc2cnccc2CNC(C)(C)C)C1. The van der Waals surface area contributed by atoms with Crippen molar-refractivity contribution in [3.63, 3.8) is 0 Å². The smallest absolute Gasteiger partial charge is 0.142 e. The summed E-state index contributed by atoms with van der Waals surface area (Å²) in [5, 5.41) is 3.50. The van der Waals surface area contributed by atoms with Gasteiger partial charge < -0.3 is 14.8 Å². The van der Waals surface area contributed by atoms with Crippen LogP contribution in [0.2, 0.25) is 0 Å². The molecular formula is C17H28N2O2. The van der Waals surface area contributed by atoms with Crippen molar-refractivity contribution in [2.24, 2.45) is 0 Å². The van der Waals surface area contributed by atoms with Crippen LogP contribution in [0.25, 0.3) is 0 Å². The number of aromatic nitrogens is 1. The fourth-order valence-electron chi connectivity index (χ4n) is 2.62. The predicted molar refractivity (Wildman–Crippen MR) is 84.5 cm³/mol. The third-order valence-electron chi connectivity index (χ3n) is 3.88. The van der Waals surface area contributed by atoms with E-state index in [0.717, 1.165) is 31.6 Å². The molecule has 1 fully saturated rings. The van der Waals surface area contributed by atoms with Gasteiger partial charge in [0.15, 0.2) is 0 Å². The van der Waals surface area contributed by atoms with Crippen LogP contribution in [0, 0.1) is 0 Å². The Balaban J connectivity index is 1.99. The fraction of sp³-hybridized carbons (Fsp3) is 0.706. The second-order valence-electron chi connectivity index (χ2n) is 6.85. The van der Waals surface area contributed by atoms with Gasteiger partial charge in [-0.25, -0.2) is 0 Å². The highest BCUT2D eigenvalue weighted by Crippen LogP contribution is 2.27. The molecule has 2 unspecified atom stereocenters. The zero-order chi connectivity index (χ0) is 15.3. The van der Waals surface area contributed by atoms with Gasteiger partial charge in [-0.2, -0.15) is 0 Å². The minimum absolute atomic E-state index is 0.0898. The summed E-state index contributed by atoms with van der Waals surface area (Å²) in [6, 6.07) is 2.03. The molecule has 0 amide bonds. The van der Waals surface area contributed by atoms with Crippen molar-refractivity contribution in [1.29, 1.82) is 0 Å². The lowest BCUT2D eigenvalue weighted by molar-refractivity contribution is 0.0205. The Kier molecular flexibility index (Phi) is 5.59. The first kappa shape index (κ1) is 16.2. The molecular weight excluding hydrogens is 264 g/mol. The van der Waals surface area contributed by atoms with Crippen molar-refractivity contribution in [2.75, 3.05) is 7.11 Å². The maximum absolute atomic E-state index is 6.20. The third kappa shape index (κ3) is 5.29. The average molecular weight is 292 g/mol. The molecule has 2 atom stereocenters. The quantitative estimate of drug-likeness (QED) is 0.904. The van der Waals surface area contributed by atoms with E-state index in [9.17, 15) is 0 Å².